The summed E-state index contributed by atoms with van der Waals surface area (Å²) in [5.74, 6) is -0.0823. The summed E-state index contributed by atoms with van der Waals surface area (Å²) in [5.41, 5.74) is 1.64. The summed E-state index contributed by atoms with van der Waals surface area (Å²) in [4.78, 5) is 42.1. The topological polar surface area (TPSA) is 79.0 Å². The van der Waals surface area contributed by atoms with Crippen molar-refractivity contribution in [2.24, 2.45) is 0 Å². The van der Waals surface area contributed by atoms with Gasteiger partial charge in [-0.3, -0.25) is 14.4 Å². The summed E-state index contributed by atoms with van der Waals surface area (Å²) < 4.78 is 5.34. The summed E-state index contributed by atoms with van der Waals surface area (Å²) >= 11 is 13.9. The lowest BCUT2D eigenvalue weighted by Gasteiger charge is -2.25. The highest BCUT2D eigenvalue weighted by molar-refractivity contribution is 7.99. The average Bonchev–Trinajstić information content (AvgIpc) is 3.35. The first-order valence-electron chi connectivity index (χ1n) is 12.9. The summed E-state index contributed by atoms with van der Waals surface area (Å²) in [6.45, 7) is 4.18. The van der Waals surface area contributed by atoms with Gasteiger partial charge >= 0.3 is 0 Å². The lowest BCUT2D eigenvalue weighted by Crippen LogP contribution is -2.39. The Morgan fingerprint density at radius 2 is 1.79 bits per heavy atom. The van der Waals surface area contributed by atoms with Crippen LogP contribution in [0.25, 0.3) is 12.2 Å². The van der Waals surface area contributed by atoms with Crippen LogP contribution in [0.5, 0.6) is 0 Å². The van der Waals surface area contributed by atoms with Gasteiger partial charge in [-0.25, -0.2) is 0 Å². The van der Waals surface area contributed by atoms with Crippen molar-refractivity contribution in [3.05, 3.63) is 69.7 Å². The van der Waals surface area contributed by atoms with E-state index in [1.807, 2.05) is 29.2 Å². The normalized spacial score (nSPS) is 16.0. The van der Waals surface area contributed by atoms with Gasteiger partial charge in [0, 0.05) is 66.1 Å². The van der Waals surface area contributed by atoms with Crippen LogP contribution in [0.1, 0.15) is 30.4 Å². The average molecular weight is 589 g/mol. The Morgan fingerprint density at radius 1 is 1.00 bits per heavy atom. The zero-order valence-corrected chi connectivity index (χ0v) is 23.9. The third-order valence-corrected chi connectivity index (χ3v) is 8.21. The molecule has 0 aromatic heterocycles. The van der Waals surface area contributed by atoms with E-state index in [0.717, 1.165) is 40.3 Å². The second kappa shape index (κ2) is 14.6. The van der Waals surface area contributed by atoms with E-state index in [9.17, 15) is 14.4 Å². The monoisotopic (exact) mass is 587 g/mol. The molecule has 0 spiro atoms. The smallest absolute Gasteiger partial charge is 0.246 e. The van der Waals surface area contributed by atoms with Crippen LogP contribution in [0.4, 0.5) is 0 Å². The van der Waals surface area contributed by atoms with Crippen LogP contribution < -0.4 is 5.32 Å². The van der Waals surface area contributed by atoms with E-state index in [4.69, 9.17) is 27.9 Å². The Bertz CT molecular complexity index is 1260. The highest BCUT2D eigenvalue weighted by Gasteiger charge is 2.19. The highest BCUT2D eigenvalue weighted by Crippen LogP contribution is 2.37. The number of nitrogens with zero attached hydrogens (tertiary/aromatic N) is 2. The van der Waals surface area contributed by atoms with E-state index in [0.29, 0.717) is 55.9 Å². The first-order chi connectivity index (χ1) is 18.9. The molecule has 206 valence electrons. The number of carbonyl (C=O) groups is 3. The molecule has 39 heavy (non-hydrogen) atoms. The molecular formula is C29H31Cl2N3O4S. The molecule has 7 nitrogen and oxygen atoms in total. The molecule has 0 atom stereocenters. The number of morpholine rings is 1. The van der Waals surface area contributed by atoms with Crippen LogP contribution in [0.3, 0.4) is 0 Å². The Morgan fingerprint density at radius 3 is 2.54 bits per heavy atom. The zero-order chi connectivity index (χ0) is 27.6. The van der Waals surface area contributed by atoms with E-state index >= 15 is 0 Å². The molecule has 10 heteroatoms. The van der Waals surface area contributed by atoms with Crippen LogP contribution in [0, 0.1) is 0 Å². The minimum Gasteiger partial charge on any atom is -0.378 e. The van der Waals surface area contributed by atoms with Crippen LogP contribution in [0.2, 0.25) is 10.0 Å². The third kappa shape index (κ3) is 8.86. The predicted octanol–water partition coefficient (Wildman–Crippen LogP) is 5.16. The van der Waals surface area contributed by atoms with E-state index in [-0.39, 0.29) is 17.7 Å². The first-order valence-corrected chi connectivity index (χ1v) is 14.5. The van der Waals surface area contributed by atoms with E-state index in [1.165, 1.54) is 17.8 Å². The van der Waals surface area contributed by atoms with Gasteiger partial charge in [0.15, 0.2) is 0 Å². The molecule has 2 aromatic carbocycles. The number of hydrogen-bond acceptors (Lipinski definition) is 5. The standard InChI is InChI=1S/C29H31Cl2N3O4S/c30-23-7-9-26(24(31)20-23)39-25-8-4-21(19-22(25)6-11-29(37)34-15-17-38-18-16-34)5-10-27(35)32-12-2-14-33-13-1-3-28(33)36/h4-11,19-20H,1-3,12-18H2,(H,32,35)/b10-5+,11-6+. The quantitative estimate of drug-likeness (QED) is 0.307. The molecule has 2 aliphatic heterocycles. The third-order valence-electron chi connectivity index (χ3n) is 6.38. The van der Waals surface area contributed by atoms with Gasteiger partial charge < -0.3 is 19.9 Å². The van der Waals surface area contributed by atoms with Gasteiger partial charge in [0.1, 0.15) is 0 Å². The summed E-state index contributed by atoms with van der Waals surface area (Å²) in [6, 6.07) is 11.1. The number of ether oxygens (including phenoxy) is 1. The van der Waals surface area contributed by atoms with Crippen molar-refractivity contribution in [3.63, 3.8) is 0 Å². The number of amides is 3. The molecule has 0 aliphatic carbocycles. The number of nitrogens with one attached hydrogen (secondary N) is 1. The van der Waals surface area contributed by atoms with Gasteiger partial charge in [-0.1, -0.05) is 41.0 Å². The van der Waals surface area contributed by atoms with Crippen molar-refractivity contribution >= 4 is 64.8 Å². The lowest BCUT2D eigenvalue weighted by molar-refractivity contribution is -0.130. The van der Waals surface area contributed by atoms with Gasteiger partial charge in [0.05, 0.1) is 18.2 Å². The maximum Gasteiger partial charge on any atom is 0.246 e. The van der Waals surface area contributed by atoms with Crippen LogP contribution in [-0.2, 0) is 19.1 Å². The Hall–Kier alpha value is -2.78. The number of halogens is 2. The summed E-state index contributed by atoms with van der Waals surface area (Å²) in [6.07, 6.45) is 8.85. The van der Waals surface area contributed by atoms with Gasteiger partial charge in [-0.2, -0.15) is 0 Å². The maximum atomic E-state index is 12.7. The maximum absolute atomic E-state index is 12.7. The van der Waals surface area contributed by atoms with E-state index in [2.05, 4.69) is 5.32 Å². The number of rotatable bonds is 10. The number of likely N-dealkylation sites (tertiary alicyclic amines) is 1. The molecule has 2 aromatic rings. The fraction of sp³-hybridized carbons (Fsp3) is 0.345. The van der Waals surface area contributed by atoms with Crippen LogP contribution >= 0.6 is 35.0 Å². The number of carbonyl (C=O) groups excluding carboxylic acids is 3. The van der Waals surface area contributed by atoms with Crippen LogP contribution in [-0.4, -0.2) is 73.5 Å². The van der Waals surface area contributed by atoms with Gasteiger partial charge in [-0.15, -0.1) is 0 Å². The molecule has 0 unspecified atom stereocenters. The minimum atomic E-state index is -0.200. The van der Waals surface area contributed by atoms with E-state index in [1.54, 1.807) is 35.3 Å². The Balaban J connectivity index is 1.43. The molecule has 4 rings (SSSR count). The zero-order valence-electron chi connectivity index (χ0n) is 21.5. The molecule has 0 saturated carbocycles. The van der Waals surface area contributed by atoms with Crippen molar-refractivity contribution in [3.8, 4) is 0 Å². The largest absolute Gasteiger partial charge is 0.378 e. The molecular weight excluding hydrogens is 557 g/mol. The Kier molecular flexibility index (Phi) is 10.9. The Labute approximate surface area is 243 Å². The van der Waals surface area contributed by atoms with Gasteiger partial charge in [0.25, 0.3) is 0 Å². The summed E-state index contributed by atoms with van der Waals surface area (Å²) in [7, 11) is 0. The fourth-order valence-electron chi connectivity index (χ4n) is 4.27. The lowest BCUT2D eigenvalue weighted by atomic mass is 10.1. The number of benzene rings is 2. The molecule has 2 saturated heterocycles. The predicted molar refractivity (Wildman–Crippen MR) is 156 cm³/mol. The van der Waals surface area contributed by atoms with Gasteiger partial charge in [-0.05, 0) is 66.5 Å². The molecule has 2 aliphatic rings. The van der Waals surface area contributed by atoms with Crippen molar-refractivity contribution in [2.45, 2.75) is 29.1 Å². The first kappa shape index (κ1) is 29.2. The fourth-order valence-corrected chi connectivity index (χ4v) is 5.71. The summed E-state index contributed by atoms with van der Waals surface area (Å²) in [5, 5.41) is 3.97. The van der Waals surface area contributed by atoms with Crippen molar-refractivity contribution in [2.75, 3.05) is 45.9 Å². The molecule has 2 fully saturated rings. The number of hydrogen-bond donors (Lipinski definition) is 1. The van der Waals surface area contributed by atoms with Crippen LogP contribution in [0.15, 0.2) is 58.3 Å². The molecule has 0 bridgehead atoms. The van der Waals surface area contributed by atoms with E-state index < -0.39 is 0 Å². The second-order valence-electron chi connectivity index (χ2n) is 9.21. The second-order valence-corrected chi connectivity index (χ2v) is 11.1. The molecule has 0 radical (unpaired) electrons. The van der Waals surface area contributed by atoms with Crippen molar-refractivity contribution in [1.82, 2.24) is 15.1 Å². The highest BCUT2D eigenvalue weighted by atomic mass is 35.5. The molecule has 3 amide bonds. The van der Waals surface area contributed by atoms with Gasteiger partial charge in [0.2, 0.25) is 17.7 Å². The van der Waals surface area contributed by atoms with Crippen molar-refractivity contribution in [1.29, 1.82) is 0 Å². The van der Waals surface area contributed by atoms with Crippen molar-refractivity contribution < 1.29 is 19.1 Å². The molecule has 1 N–H and O–H groups in total. The molecule has 2 heterocycles. The minimum absolute atomic E-state index is 0.0743. The SMILES string of the molecule is O=C(/C=C/c1ccc(Sc2ccc(Cl)cc2Cl)c(/C=C/C(=O)N2CCOCC2)c1)NCCCN1CCCC1=O.